The van der Waals surface area contributed by atoms with Crippen molar-refractivity contribution >= 4 is 12.4 Å². The lowest BCUT2D eigenvalue weighted by Gasteiger charge is -2.35. The molecular weight excluding hydrogens is 320 g/mol. The van der Waals surface area contributed by atoms with E-state index in [-0.39, 0.29) is 18.5 Å². The van der Waals surface area contributed by atoms with E-state index in [9.17, 15) is 17.6 Å². The number of piperazine rings is 1. The molecule has 0 aromatic heterocycles. The zero-order chi connectivity index (χ0) is 15.0. The summed E-state index contributed by atoms with van der Waals surface area (Å²) in [7, 11) is 0. The van der Waals surface area contributed by atoms with Gasteiger partial charge in [-0.15, -0.1) is 12.4 Å². The van der Waals surface area contributed by atoms with Gasteiger partial charge in [-0.1, -0.05) is 12.8 Å². The topological polar surface area (TPSA) is 15.3 Å². The van der Waals surface area contributed by atoms with Crippen LogP contribution in [0, 0.1) is 29.2 Å². The van der Waals surface area contributed by atoms with Gasteiger partial charge in [0.1, 0.15) is 0 Å². The van der Waals surface area contributed by atoms with E-state index in [1.54, 1.807) is 0 Å². The fourth-order valence-corrected chi connectivity index (χ4v) is 3.00. The lowest BCUT2D eigenvalue weighted by Crippen LogP contribution is -2.45. The summed E-state index contributed by atoms with van der Waals surface area (Å²) in [5.41, 5.74) is -0.443. The molecule has 1 N–H and O–H groups in total. The monoisotopic (exact) mass is 338 g/mol. The van der Waals surface area contributed by atoms with Gasteiger partial charge in [0.2, 0.25) is 0 Å². The molecule has 2 aliphatic rings. The first kappa shape index (κ1) is 17.5. The molecule has 1 saturated heterocycles. The van der Waals surface area contributed by atoms with Gasteiger partial charge in [0.25, 0.3) is 0 Å². The fourth-order valence-electron chi connectivity index (χ4n) is 3.00. The van der Waals surface area contributed by atoms with E-state index in [0.717, 1.165) is 12.8 Å². The highest BCUT2D eigenvalue weighted by Crippen LogP contribution is 2.42. The maximum absolute atomic E-state index is 14.1. The van der Waals surface area contributed by atoms with Crippen molar-refractivity contribution in [3.8, 4) is 0 Å². The molecule has 2 fully saturated rings. The predicted molar refractivity (Wildman–Crippen MR) is 78.0 cm³/mol. The number of rotatable bonds is 4. The summed E-state index contributed by atoms with van der Waals surface area (Å²) in [6.45, 7) is 2.66. The highest BCUT2D eigenvalue weighted by Gasteiger charge is 2.35. The average Bonchev–Trinajstić information content (AvgIpc) is 3.29. The van der Waals surface area contributed by atoms with Crippen molar-refractivity contribution in [3.63, 3.8) is 0 Å². The zero-order valence-electron chi connectivity index (χ0n) is 12.0. The summed E-state index contributed by atoms with van der Waals surface area (Å²) in [5, 5.41) is 3.16. The van der Waals surface area contributed by atoms with Crippen LogP contribution >= 0.6 is 12.4 Å². The minimum Gasteiger partial charge on any atom is -0.314 e. The maximum atomic E-state index is 14.1. The van der Waals surface area contributed by atoms with E-state index in [2.05, 4.69) is 5.32 Å². The molecule has 0 amide bonds. The van der Waals surface area contributed by atoms with Gasteiger partial charge in [0.05, 0.1) is 0 Å². The predicted octanol–water partition coefficient (Wildman–Crippen LogP) is 3.41. The minimum absolute atomic E-state index is 0. The molecule has 1 heterocycles. The lowest BCUT2D eigenvalue weighted by atomic mass is 9.97. The largest absolute Gasteiger partial charge is 0.314 e. The standard InChI is InChI=1S/C15H18F4N2.ClH/c16-10-8-11(17)15(19)13(14(10)18)12(7-9-1-2-9)21-5-3-20-4-6-21;/h8-9,12,20H,1-7H2;1H/t12-;/m1./s1. The summed E-state index contributed by atoms with van der Waals surface area (Å²) < 4.78 is 55.2. The van der Waals surface area contributed by atoms with Crippen LogP contribution in [0.3, 0.4) is 0 Å². The molecule has 1 saturated carbocycles. The van der Waals surface area contributed by atoms with Crippen LogP contribution in [0.4, 0.5) is 17.6 Å². The Kier molecular flexibility index (Phi) is 5.69. The molecule has 3 rings (SSSR count). The van der Waals surface area contributed by atoms with Crippen LogP contribution in [-0.2, 0) is 0 Å². The van der Waals surface area contributed by atoms with E-state index >= 15 is 0 Å². The van der Waals surface area contributed by atoms with Gasteiger partial charge >= 0.3 is 0 Å². The Hall–Kier alpha value is -0.850. The van der Waals surface area contributed by atoms with Crippen LogP contribution in [0.15, 0.2) is 6.07 Å². The molecule has 1 aromatic rings. The van der Waals surface area contributed by atoms with Crippen LogP contribution < -0.4 is 5.32 Å². The van der Waals surface area contributed by atoms with E-state index in [1.807, 2.05) is 4.90 Å². The van der Waals surface area contributed by atoms with Crippen LogP contribution in [0.2, 0.25) is 0 Å². The summed E-state index contributed by atoms with van der Waals surface area (Å²) in [6, 6.07) is -0.315. The van der Waals surface area contributed by atoms with Gasteiger partial charge in [0.15, 0.2) is 23.3 Å². The molecule has 1 aliphatic carbocycles. The van der Waals surface area contributed by atoms with Crippen LogP contribution in [0.1, 0.15) is 30.9 Å². The molecule has 0 unspecified atom stereocenters. The van der Waals surface area contributed by atoms with E-state index < -0.39 is 34.9 Å². The van der Waals surface area contributed by atoms with Gasteiger partial charge in [-0.3, -0.25) is 4.90 Å². The molecule has 22 heavy (non-hydrogen) atoms. The van der Waals surface area contributed by atoms with Gasteiger partial charge in [-0.25, -0.2) is 17.6 Å². The maximum Gasteiger partial charge on any atom is 0.166 e. The molecule has 0 spiro atoms. The molecule has 1 aliphatic heterocycles. The van der Waals surface area contributed by atoms with Crippen molar-refractivity contribution in [3.05, 3.63) is 34.9 Å². The highest BCUT2D eigenvalue weighted by atomic mass is 35.5. The molecule has 2 nitrogen and oxygen atoms in total. The first-order valence-electron chi connectivity index (χ1n) is 7.35. The van der Waals surface area contributed by atoms with Crippen molar-refractivity contribution in [2.45, 2.75) is 25.3 Å². The Balaban J connectivity index is 0.00000176. The van der Waals surface area contributed by atoms with Gasteiger partial charge in [0, 0.05) is 43.9 Å². The second-order valence-corrected chi connectivity index (χ2v) is 5.86. The number of hydrogen-bond donors (Lipinski definition) is 1. The molecule has 7 heteroatoms. The summed E-state index contributed by atoms with van der Waals surface area (Å²) >= 11 is 0. The zero-order valence-corrected chi connectivity index (χ0v) is 12.9. The normalized spacial score (nSPS) is 20.5. The third-order valence-corrected chi connectivity index (χ3v) is 4.32. The second-order valence-electron chi connectivity index (χ2n) is 5.86. The first-order valence-corrected chi connectivity index (χ1v) is 7.35. The van der Waals surface area contributed by atoms with E-state index in [0.29, 0.717) is 38.5 Å². The van der Waals surface area contributed by atoms with E-state index in [1.165, 1.54) is 0 Å². The molecule has 124 valence electrons. The molecule has 1 atom stereocenters. The summed E-state index contributed by atoms with van der Waals surface area (Å²) in [6.07, 6.45) is 2.59. The molecule has 0 radical (unpaired) electrons. The number of nitrogens with zero attached hydrogens (tertiary/aromatic N) is 1. The van der Waals surface area contributed by atoms with Crippen molar-refractivity contribution in [2.24, 2.45) is 5.92 Å². The second kappa shape index (κ2) is 7.15. The van der Waals surface area contributed by atoms with Crippen molar-refractivity contribution in [1.29, 1.82) is 0 Å². The number of hydrogen-bond acceptors (Lipinski definition) is 2. The lowest BCUT2D eigenvalue weighted by molar-refractivity contribution is 0.152. The Morgan fingerprint density at radius 1 is 1.05 bits per heavy atom. The Labute approximate surface area is 133 Å². The van der Waals surface area contributed by atoms with Crippen molar-refractivity contribution in [2.75, 3.05) is 26.2 Å². The van der Waals surface area contributed by atoms with Gasteiger partial charge in [-0.05, 0) is 12.3 Å². The minimum atomic E-state index is -1.32. The van der Waals surface area contributed by atoms with Gasteiger partial charge in [-0.2, -0.15) is 0 Å². The first-order chi connectivity index (χ1) is 10.1. The smallest absolute Gasteiger partial charge is 0.166 e. The Morgan fingerprint density at radius 3 is 2.09 bits per heavy atom. The third kappa shape index (κ3) is 3.55. The van der Waals surface area contributed by atoms with Crippen LogP contribution in [0.25, 0.3) is 0 Å². The number of benzene rings is 1. The van der Waals surface area contributed by atoms with Crippen molar-refractivity contribution in [1.82, 2.24) is 10.2 Å². The molecular formula is C15H19ClF4N2. The van der Waals surface area contributed by atoms with Crippen LogP contribution in [-0.4, -0.2) is 31.1 Å². The SMILES string of the molecule is Cl.Fc1cc(F)c(F)c([C@@H](CC2CC2)N2CCNCC2)c1F. The third-order valence-electron chi connectivity index (χ3n) is 4.32. The molecule has 0 bridgehead atoms. The van der Waals surface area contributed by atoms with Crippen molar-refractivity contribution < 1.29 is 17.6 Å². The Bertz CT molecular complexity index is 505. The highest BCUT2D eigenvalue weighted by molar-refractivity contribution is 5.85. The van der Waals surface area contributed by atoms with Crippen LogP contribution in [0.5, 0.6) is 0 Å². The summed E-state index contributed by atoms with van der Waals surface area (Å²) in [5.74, 6) is -4.74. The van der Waals surface area contributed by atoms with E-state index in [4.69, 9.17) is 0 Å². The van der Waals surface area contributed by atoms with Gasteiger partial charge < -0.3 is 5.32 Å². The number of nitrogens with one attached hydrogen (secondary N) is 1. The average molecular weight is 339 g/mol. The fraction of sp³-hybridized carbons (Fsp3) is 0.600. The molecule has 1 aromatic carbocycles. The Morgan fingerprint density at radius 2 is 1.59 bits per heavy atom. The number of halogens is 5. The quantitative estimate of drug-likeness (QED) is 0.668. The summed E-state index contributed by atoms with van der Waals surface area (Å²) in [4.78, 5) is 1.93.